The molecule has 0 fully saturated rings. The van der Waals surface area contributed by atoms with E-state index in [1.807, 2.05) is 0 Å². The molecule has 0 saturated heterocycles. The van der Waals surface area contributed by atoms with Crippen molar-refractivity contribution in [1.29, 1.82) is 0 Å². The quantitative estimate of drug-likeness (QED) is 0.249. The van der Waals surface area contributed by atoms with Gasteiger partial charge in [0.2, 0.25) is 0 Å². The Morgan fingerprint density at radius 2 is 2.50 bits per heavy atom. The lowest BCUT2D eigenvalue weighted by Crippen LogP contribution is -2.11. The first kappa shape index (κ1) is 8.93. The van der Waals surface area contributed by atoms with Crippen molar-refractivity contribution in [3.63, 3.8) is 0 Å². The van der Waals surface area contributed by atoms with Gasteiger partial charge in [-0.05, 0) is 7.05 Å². The number of ether oxygens (including phenoxy) is 1. The molecule has 0 aliphatic heterocycles. The zero-order valence-corrected chi connectivity index (χ0v) is 5.81. The molecule has 3 heteroatoms. The summed E-state index contributed by atoms with van der Waals surface area (Å²) in [7, 11) is 1.78. The summed E-state index contributed by atoms with van der Waals surface area (Å²) in [6.07, 6.45) is 1.11. The maximum Gasteiger partial charge on any atom is 0.133 e. The second-order valence-electron chi connectivity index (χ2n) is 1.43. The van der Waals surface area contributed by atoms with E-state index in [1.165, 1.54) is 5.94 Å². The van der Waals surface area contributed by atoms with Crippen molar-refractivity contribution in [3.8, 4) is 11.8 Å². The van der Waals surface area contributed by atoms with E-state index in [2.05, 4.69) is 17.2 Å². The van der Waals surface area contributed by atoms with Crippen molar-refractivity contribution in [1.82, 2.24) is 5.32 Å². The van der Waals surface area contributed by atoms with Gasteiger partial charge in [0.05, 0.1) is 12.8 Å². The molecule has 0 aliphatic rings. The van der Waals surface area contributed by atoms with Crippen LogP contribution in [-0.2, 0) is 9.53 Å². The van der Waals surface area contributed by atoms with E-state index in [0.29, 0.717) is 13.3 Å². The first-order valence-corrected chi connectivity index (χ1v) is 2.82. The van der Waals surface area contributed by atoms with Crippen molar-refractivity contribution in [2.45, 2.75) is 0 Å². The van der Waals surface area contributed by atoms with Gasteiger partial charge in [-0.15, -0.1) is 0 Å². The van der Waals surface area contributed by atoms with Crippen LogP contribution >= 0.6 is 0 Å². The molecule has 0 rings (SSSR count). The van der Waals surface area contributed by atoms with Crippen molar-refractivity contribution >= 4 is 5.94 Å². The molecule has 0 bridgehead atoms. The minimum Gasteiger partial charge on any atom is -0.354 e. The van der Waals surface area contributed by atoms with E-state index in [9.17, 15) is 4.79 Å². The van der Waals surface area contributed by atoms with Gasteiger partial charge in [0.25, 0.3) is 0 Å². The summed E-state index contributed by atoms with van der Waals surface area (Å²) < 4.78 is 4.89. The summed E-state index contributed by atoms with van der Waals surface area (Å²) >= 11 is 0. The van der Waals surface area contributed by atoms with E-state index in [-0.39, 0.29) is 0 Å². The number of rotatable bonds is 3. The Balaban J connectivity index is 3.20. The molecule has 0 unspecified atom stereocenters. The summed E-state index contributed by atoms with van der Waals surface area (Å²) in [5.74, 6) is 6.57. The third-order valence-electron chi connectivity index (χ3n) is 0.654. The first-order valence-electron chi connectivity index (χ1n) is 2.82. The molecule has 0 amide bonds. The maximum absolute atomic E-state index is 9.56. The fourth-order valence-electron chi connectivity index (χ4n) is 0.326. The summed E-state index contributed by atoms with van der Waals surface area (Å²) in [6, 6.07) is 0. The second-order valence-corrected chi connectivity index (χ2v) is 1.43. The number of hydrogen-bond donors (Lipinski definition) is 1. The molecule has 3 nitrogen and oxygen atoms in total. The average Bonchev–Trinajstić information content (AvgIpc) is 1.97. The van der Waals surface area contributed by atoms with Crippen molar-refractivity contribution in [3.05, 3.63) is 6.08 Å². The van der Waals surface area contributed by atoms with E-state index < -0.39 is 0 Å². The molecule has 0 radical (unpaired) electrons. The predicted octanol–water partition coefficient (Wildman–Crippen LogP) is -0.429. The zero-order chi connectivity index (χ0) is 7.66. The topological polar surface area (TPSA) is 38.3 Å². The fourth-order valence-corrected chi connectivity index (χ4v) is 0.326. The van der Waals surface area contributed by atoms with Crippen LogP contribution < -0.4 is 5.32 Å². The standard InChI is InChI=1S/C7H9NO2/c1-8-7-10-6-4-2-3-5-9/h3,8H,6-7H2,1H3. The van der Waals surface area contributed by atoms with Gasteiger partial charge in [-0.25, -0.2) is 4.79 Å². The van der Waals surface area contributed by atoms with Gasteiger partial charge >= 0.3 is 0 Å². The first-order chi connectivity index (χ1) is 4.91. The highest BCUT2D eigenvalue weighted by Crippen LogP contribution is 1.66. The van der Waals surface area contributed by atoms with Crippen LogP contribution in [0, 0.1) is 11.8 Å². The predicted molar refractivity (Wildman–Crippen MR) is 37.9 cm³/mol. The van der Waals surface area contributed by atoms with Crippen LogP contribution in [0.5, 0.6) is 0 Å². The minimum absolute atomic E-state index is 0.332. The highest BCUT2D eigenvalue weighted by atomic mass is 16.5. The molecule has 0 spiro atoms. The Hall–Kier alpha value is -1.07. The van der Waals surface area contributed by atoms with Gasteiger partial charge in [-0.3, -0.25) is 5.32 Å². The largest absolute Gasteiger partial charge is 0.354 e. The van der Waals surface area contributed by atoms with Gasteiger partial charge in [0, 0.05) is 0 Å². The fraction of sp³-hybridized carbons (Fsp3) is 0.429. The Bertz CT molecular complexity index is 172. The molecule has 0 aromatic rings. The van der Waals surface area contributed by atoms with E-state index in [1.54, 1.807) is 7.05 Å². The lowest BCUT2D eigenvalue weighted by Gasteiger charge is -1.93. The van der Waals surface area contributed by atoms with Crippen LogP contribution in [0.1, 0.15) is 0 Å². The minimum atomic E-state index is 0.332. The molecule has 0 heterocycles. The molecule has 54 valence electrons. The molecule has 0 saturated carbocycles. The molecular weight excluding hydrogens is 130 g/mol. The summed E-state index contributed by atoms with van der Waals surface area (Å²) in [6.45, 7) is 0.804. The van der Waals surface area contributed by atoms with Crippen LogP contribution in [-0.4, -0.2) is 26.3 Å². The number of allylic oxidation sites excluding steroid dienone is 1. The number of hydrogen-bond acceptors (Lipinski definition) is 3. The van der Waals surface area contributed by atoms with Crippen LogP contribution in [0.25, 0.3) is 0 Å². The van der Waals surface area contributed by atoms with Gasteiger partial charge in [-0.1, -0.05) is 11.8 Å². The highest BCUT2D eigenvalue weighted by molar-refractivity contribution is 5.51. The normalized spacial score (nSPS) is 7.30. The van der Waals surface area contributed by atoms with E-state index >= 15 is 0 Å². The molecule has 10 heavy (non-hydrogen) atoms. The molecule has 0 aliphatic carbocycles. The molecule has 0 atom stereocenters. The summed E-state index contributed by atoms with van der Waals surface area (Å²) in [4.78, 5) is 9.56. The highest BCUT2D eigenvalue weighted by Gasteiger charge is 1.74. The number of carbonyl (C=O) groups excluding carboxylic acids is 1. The maximum atomic E-state index is 9.56. The van der Waals surface area contributed by atoms with Crippen LogP contribution in [0.4, 0.5) is 0 Å². The Kier molecular flexibility index (Phi) is 7.08. The summed E-state index contributed by atoms with van der Waals surface area (Å²) in [5.41, 5.74) is 0. The molecular formula is C7H9NO2. The Morgan fingerprint density at radius 1 is 1.70 bits per heavy atom. The smallest absolute Gasteiger partial charge is 0.133 e. The SMILES string of the molecule is CNCOCC#CC=C=O. The molecule has 0 aromatic carbocycles. The van der Waals surface area contributed by atoms with Gasteiger partial charge < -0.3 is 4.74 Å². The van der Waals surface area contributed by atoms with Crippen molar-refractivity contribution < 1.29 is 9.53 Å². The average molecular weight is 139 g/mol. The van der Waals surface area contributed by atoms with Gasteiger partial charge in [0.1, 0.15) is 12.5 Å². The van der Waals surface area contributed by atoms with E-state index in [4.69, 9.17) is 4.74 Å². The number of nitrogens with one attached hydrogen (secondary N) is 1. The van der Waals surface area contributed by atoms with Crippen molar-refractivity contribution in [2.75, 3.05) is 20.4 Å². The zero-order valence-electron chi connectivity index (χ0n) is 5.81. The van der Waals surface area contributed by atoms with Crippen LogP contribution in [0.3, 0.4) is 0 Å². The Morgan fingerprint density at radius 3 is 3.10 bits per heavy atom. The third kappa shape index (κ3) is 6.93. The summed E-state index contributed by atoms with van der Waals surface area (Å²) in [5, 5.41) is 2.78. The van der Waals surface area contributed by atoms with Crippen LogP contribution in [0.2, 0.25) is 0 Å². The molecule has 1 N–H and O–H groups in total. The van der Waals surface area contributed by atoms with Crippen LogP contribution in [0.15, 0.2) is 6.08 Å². The molecule has 0 aromatic heterocycles. The second kappa shape index (κ2) is 7.93. The lowest BCUT2D eigenvalue weighted by molar-refractivity contribution is 0.153. The van der Waals surface area contributed by atoms with Crippen molar-refractivity contribution in [2.24, 2.45) is 0 Å². The Labute approximate surface area is 60.1 Å². The van der Waals surface area contributed by atoms with E-state index in [0.717, 1.165) is 6.08 Å². The van der Waals surface area contributed by atoms with Gasteiger partial charge in [0.15, 0.2) is 0 Å². The van der Waals surface area contributed by atoms with Gasteiger partial charge in [-0.2, -0.15) is 0 Å². The lowest BCUT2D eigenvalue weighted by atomic mass is 10.6. The monoisotopic (exact) mass is 139 g/mol. The third-order valence-corrected chi connectivity index (χ3v) is 0.654.